The van der Waals surface area contributed by atoms with E-state index in [1.54, 1.807) is 7.11 Å². The molecule has 3 heteroatoms. The van der Waals surface area contributed by atoms with Gasteiger partial charge in [-0.3, -0.25) is 0 Å². The zero-order chi connectivity index (χ0) is 12.1. The molecule has 1 aliphatic carbocycles. The highest BCUT2D eigenvalue weighted by molar-refractivity contribution is 5.36. The lowest BCUT2D eigenvalue weighted by Gasteiger charge is -2.29. The molecule has 1 aliphatic rings. The van der Waals surface area contributed by atoms with Crippen LogP contribution in [-0.4, -0.2) is 31.4 Å². The number of benzene rings is 1. The van der Waals surface area contributed by atoms with Crippen molar-refractivity contribution in [2.75, 3.05) is 20.3 Å². The van der Waals surface area contributed by atoms with Crippen LogP contribution in [0.4, 0.5) is 0 Å². The summed E-state index contributed by atoms with van der Waals surface area (Å²) in [6.07, 6.45) is 3.87. The highest BCUT2D eigenvalue weighted by atomic mass is 16.5. The van der Waals surface area contributed by atoms with Crippen LogP contribution in [0.5, 0.6) is 5.75 Å². The zero-order valence-electron chi connectivity index (χ0n) is 10.4. The minimum atomic E-state index is 0.117. The van der Waals surface area contributed by atoms with E-state index in [1.165, 1.54) is 19.3 Å². The van der Waals surface area contributed by atoms with E-state index >= 15 is 0 Å². The van der Waals surface area contributed by atoms with Crippen LogP contribution >= 0.6 is 0 Å². The SMILES string of the molecule is COc1ccccc1C(CO)CNC1CCC1. The van der Waals surface area contributed by atoms with Crippen LogP contribution in [0.3, 0.4) is 0 Å². The van der Waals surface area contributed by atoms with Gasteiger partial charge in [0.2, 0.25) is 0 Å². The molecule has 94 valence electrons. The largest absolute Gasteiger partial charge is 0.496 e. The van der Waals surface area contributed by atoms with Gasteiger partial charge in [0.05, 0.1) is 13.7 Å². The molecule has 0 aromatic heterocycles. The highest BCUT2D eigenvalue weighted by Crippen LogP contribution is 2.26. The number of hydrogen-bond donors (Lipinski definition) is 2. The number of methoxy groups -OCH3 is 1. The molecular formula is C14H21NO2. The maximum absolute atomic E-state index is 9.51. The number of rotatable bonds is 6. The smallest absolute Gasteiger partial charge is 0.122 e. The molecule has 0 spiro atoms. The Bertz CT molecular complexity index is 350. The number of aliphatic hydroxyl groups excluding tert-OH is 1. The molecule has 0 amide bonds. The summed E-state index contributed by atoms with van der Waals surface area (Å²) in [5.41, 5.74) is 1.09. The fraction of sp³-hybridized carbons (Fsp3) is 0.571. The molecule has 2 rings (SSSR count). The molecule has 3 nitrogen and oxygen atoms in total. The Morgan fingerprint density at radius 2 is 2.18 bits per heavy atom. The van der Waals surface area contributed by atoms with Crippen molar-refractivity contribution in [3.05, 3.63) is 29.8 Å². The van der Waals surface area contributed by atoms with Crippen LogP contribution < -0.4 is 10.1 Å². The van der Waals surface area contributed by atoms with Crippen LogP contribution in [0.2, 0.25) is 0 Å². The second-order valence-electron chi connectivity index (χ2n) is 4.66. The maximum Gasteiger partial charge on any atom is 0.122 e. The normalized spacial score (nSPS) is 17.5. The monoisotopic (exact) mass is 235 g/mol. The Labute approximate surface area is 103 Å². The number of aliphatic hydroxyl groups is 1. The van der Waals surface area contributed by atoms with E-state index in [-0.39, 0.29) is 12.5 Å². The minimum absolute atomic E-state index is 0.117. The van der Waals surface area contributed by atoms with E-state index in [0.29, 0.717) is 6.04 Å². The van der Waals surface area contributed by atoms with Crippen molar-refractivity contribution in [2.24, 2.45) is 0 Å². The van der Waals surface area contributed by atoms with Crippen molar-refractivity contribution in [1.82, 2.24) is 5.32 Å². The first-order valence-electron chi connectivity index (χ1n) is 6.32. The van der Waals surface area contributed by atoms with Crippen molar-refractivity contribution in [1.29, 1.82) is 0 Å². The lowest BCUT2D eigenvalue weighted by molar-refractivity contribution is 0.244. The molecule has 2 N–H and O–H groups in total. The van der Waals surface area contributed by atoms with Crippen molar-refractivity contribution < 1.29 is 9.84 Å². The lowest BCUT2D eigenvalue weighted by atomic mass is 9.91. The first kappa shape index (κ1) is 12.4. The first-order valence-corrected chi connectivity index (χ1v) is 6.32. The van der Waals surface area contributed by atoms with Gasteiger partial charge < -0.3 is 15.2 Å². The summed E-state index contributed by atoms with van der Waals surface area (Å²) in [5, 5.41) is 13.0. The lowest BCUT2D eigenvalue weighted by Crippen LogP contribution is -2.38. The van der Waals surface area contributed by atoms with E-state index < -0.39 is 0 Å². The Balaban J connectivity index is 1.99. The van der Waals surface area contributed by atoms with E-state index in [9.17, 15) is 5.11 Å². The predicted octanol–water partition coefficient (Wildman–Crippen LogP) is 1.91. The van der Waals surface area contributed by atoms with Gasteiger partial charge in [0.1, 0.15) is 5.75 Å². The average Bonchev–Trinajstić information content (AvgIpc) is 2.32. The molecule has 0 aliphatic heterocycles. The Morgan fingerprint density at radius 1 is 1.41 bits per heavy atom. The molecular weight excluding hydrogens is 214 g/mol. The highest BCUT2D eigenvalue weighted by Gasteiger charge is 2.20. The van der Waals surface area contributed by atoms with Gasteiger partial charge in [-0.2, -0.15) is 0 Å². The van der Waals surface area contributed by atoms with Crippen LogP contribution in [0.1, 0.15) is 30.7 Å². The Morgan fingerprint density at radius 3 is 2.76 bits per heavy atom. The molecule has 0 saturated heterocycles. The second-order valence-corrected chi connectivity index (χ2v) is 4.66. The molecule has 17 heavy (non-hydrogen) atoms. The molecule has 0 radical (unpaired) electrons. The average molecular weight is 235 g/mol. The van der Waals surface area contributed by atoms with Gasteiger partial charge >= 0.3 is 0 Å². The summed E-state index contributed by atoms with van der Waals surface area (Å²) in [7, 11) is 1.67. The van der Waals surface area contributed by atoms with Gasteiger partial charge in [-0.15, -0.1) is 0 Å². The van der Waals surface area contributed by atoms with E-state index in [4.69, 9.17) is 4.74 Å². The fourth-order valence-electron chi connectivity index (χ4n) is 2.20. The van der Waals surface area contributed by atoms with Gasteiger partial charge in [-0.1, -0.05) is 24.6 Å². The summed E-state index contributed by atoms with van der Waals surface area (Å²) >= 11 is 0. The second kappa shape index (κ2) is 6.03. The first-order chi connectivity index (χ1) is 8.35. The molecule has 1 saturated carbocycles. The fourth-order valence-corrected chi connectivity index (χ4v) is 2.20. The van der Waals surface area contributed by atoms with E-state index in [2.05, 4.69) is 5.32 Å². The van der Waals surface area contributed by atoms with Crippen LogP contribution in [-0.2, 0) is 0 Å². The maximum atomic E-state index is 9.51. The van der Waals surface area contributed by atoms with Crippen molar-refractivity contribution in [2.45, 2.75) is 31.2 Å². The number of nitrogens with one attached hydrogen (secondary N) is 1. The van der Waals surface area contributed by atoms with Crippen LogP contribution in [0.25, 0.3) is 0 Å². The molecule has 1 aromatic carbocycles. The predicted molar refractivity (Wildman–Crippen MR) is 68.5 cm³/mol. The molecule has 1 fully saturated rings. The standard InChI is InChI=1S/C14H21NO2/c1-17-14-8-3-2-7-13(14)11(10-16)9-15-12-5-4-6-12/h2-3,7-8,11-12,15-16H,4-6,9-10H2,1H3. The molecule has 0 heterocycles. The summed E-state index contributed by atoms with van der Waals surface area (Å²) in [5.74, 6) is 0.980. The number of ether oxygens (including phenoxy) is 1. The van der Waals surface area contributed by atoms with E-state index in [1.807, 2.05) is 24.3 Å². The Hall–Kier alpha value is -1.06. The number of hydrogen-bond acceptors (Lipinski definition) is 3. The van der Waals surface area contributed by atoms with Gasteiger partial charge in [-0.05, 0) is 18.9 Å². The van der Waals surface area contributed by atoms with E-state index in [0.717, 1.165) is 17.9 Å². The van der Waals surface area contributed by atoms with Crippen LogP contribution in [0, 0.1) is 0 Å². The third kappa shape index (κ3) is 2.99. The zero-order valence-corrected chi connectivity index (χ0v) is 10.4. The summed E-state index contributed by atoms with van der Waals surface area (Å²) in [6.45, 7) is 0.974. The third-order valence-electron chi connectivity index (χ3n) is 3.56. The van der Waals surface area contributed by atoms with Gasteiger partial charge in [-0.25, -0.2) is 0 Å². The molecule has 1 atom stereocenters. The van der Waals surface area contributed by atoms with Crippen molar-refractivity contribution in [3.8, 4) is 5.75 Å². The summed E-state index contributed by atoms with van der Waals surface area (Å²) in [4.78, 5) is 0. The minimum Gasteiger partial charge on any atom is -0.496 e. The third-order valence-corrected chi connectivity index (χ3v) is 3.56. The summed E-state index contributed by atoms with van der Waals surface area (Å²) < 4.78 is 5.34. The van der Waals surface area contributed by atoms with Gasteiger partial charge in [0.25, 0.3) is 0 Å². The van der Waals surface area contributed by atoms with Gasteiger partial charge in [0, 0.05) is 24.1 Å². The van der Waals surface area contributed by atoms with Crippen LogP contribution in [0.15, 0.2) is 24.3 Å². The van der Waals surface area contributed by atoms with Crippen molar-refractivity contribution >= 4 is 0 Å². The Kier molecular flexibility index (Phi) is 4.40. The summed E-state index contributed by atoms with van der Waals surface area (Å²) in [6, 6.07) is 8.57. The topological polar surface area (TPSA) is 41.5 Å². The molecule has 1 aromatic rings. The number of para-hydroxylation sites is 1. The molecule has 0 bridgehead atoms. The van der Waals surface area contributed by atoms with Crippen molar-refractivity contribution in [3.63, 3.8) is 0 Å². The quantitative estimate of drug-likeness (QED) is 0.791. The van der Waals surface area contributed by atoms with Gasteiger partial charge in [0.15, 0.2) is 0 Å². The molecule has 1 unspecified atom stereocenters.